The van der Waals surface area contributed by atoms with Gasteiger partial charge in [0.2, 0.25) is 11.6 Å². The molecular weight excluding hydrogens is 428 g/mol. The molecule has 0 amide bonds. The van der Waals surface area contributed by atoms with Gasteiger partial charge >= 0.3 is 0 Å². The molecule has 0 unspecified atom stereocenters. The van der Waals surface area contributed by atoms with Crippen LogP contribution in [0.25, 0.3) is 0 Å². The van der Waals surface area contributed by atoms with E-state index in [1.165, 1.54) is 12.1 Å². The summed E-state index contributed by atoms with van der Waals surface area (Å²) in [5, 5.41) is 27.3. The van der Waals surface area contributed by atoms with Gasteiger partial charge in [0, 0.05) is 11.4 Å². The van der Waals surface area contributed by atoms with Crippen LogP contribution < -0.4 is 10.6 Å². The molecule has 0 radical (unpaired) electrons. The standard InChI is InChI=1S/C28H22N2O4/c1-15-6-8-17(9-7-15)29-19-10-11-20(30-18-5-3-4-16(2)14-18)24-23(19)27(33)25-21(31)12-13-22(32)26(25)28(24)34/h3-14,29-32H,1-2H3. The van der Waals surface area contributed by atoms with E-state index in [9.17, 15) is 19.8 Å². The molecule has 1 aliphatic carbocycles. The van der Waals surface area contributed by atoms with Gasteiger partial charge in [-0.2, -0.15) is 0 Å². The second kappa shape index (κ2) is 8.08. The lowest BCUT2D eigenvalue weighted by molar-refractivity contribution is 0.0975. The normalized spacial score (nSPS) is 12.2. The smallest absolute Gasteiger partial charge is 0.200 e. The number of nitrogens with one attached hydrogen (secondary N) is 2. The van der Waals surface area contributed by atoms with Gasteiger partial charge < -0.3 is 20.8 Å². The van der Waals surface area contributed by atoms with Crippen molar-refractivity contribution in [3.05, 3.63) is 106 Å². The van der Waals surface area contributed by atoms with Crippen LogP contribution in [0.15, 0.2) is 72.8 Å². The summed E-state index contributed by atoms with van der Waals surface area (Å²) < 4.78 is 0. The molecule has 0 atom stereocenters. The number of carbonyl (C=O) groups is 2. The molecule has 34 heavy (non-hydrogen) atoms. The van der Waals surface area contributed by atoms with Crippen LogP contribution in [0.4, 0.5) is 22.7 Å². The summed E-state index contributed by atoms with van der Waals surface area (Å²) in [5.41, 5.74) is 4.37. The highest BCUT2D eigenvalue weighted by Crippen LogP contribution is 2.43. The summed E-state index contributed by atoms with van der Waals surface area (Å²) in [6.07, 6.45) is 0. The van der Waals surface area contributed by atoms with E-state index in [0.717, 1.165) is 22.5 Å². The number of benzene rings is 4. The quantitative estimate of drug-likeness (QED) is 0.252. The van der Waals surface area contributed by atoms with Crippen LogP contribution in [0.1, 0.15) is 43.0 Å². The minimum Gasteiger partial charge on any atom is -0.507 e. The first-order valence-electron chi connectivity index (χ1n) is 10.8. The lowest BCUT2D eigenvalue weighted by Crippen LogP contribution is -2.24. The van der Waals surface area contributed by atoms with Crippen LogP contribution in [-0.2, 0) is 0 Å². The van der Waals surface area contributed by atoms with Crippen molar-refractivity contribution in [3.8, 4) is 11.5 Å². The largest absolute Gasteiger partial charge is 0.507 e. The Morgan fingerprint density at radius 3 is 1.62 bits per heavy atom. The van der Waals surface area contributed by atoms with E-state index < -0.39 is 11.6 Å². The maximum atomic E-state index is 13.7. The Morgan fingerprint density at radius 1 is 0.559 bits per heavy atom. The van der Waals surface area contributed by atoms with Crippen LogP contribution >= 0.6 is 0 Å². The molecule has 0 aromatic heterocycles. The zero-order valence-electron chi connectivity index (χ0n) is 18.6. The van der Waals surface area contributed by atoms with Crippen LogP contribution in [0, 0.1) is 13.8 Å². The molecule has 6 nitrogen and oxygen atoms in total. The number of carbonyl (C=O) groups excluding carboxylic acids is 2. The number of hydrogen-bond acceptors (Lipinski definition) is 6. The Labute approximate surface area is 196 Å². The molecule has 0 fully saturated rings. The van der Waals surface area contributed by atoms with E-state index in [4.69, 9.17) is 0 Å². The fraction of sp³-hybridized carbons (Fsp3) is 0.0714. The van der Waals surface area contributed by atoms with E-state index >= 15 is 0 Å². The number of aryl methyl sites for hydroxylation is 2. The summed E-state index contributed by atoms with van der Waals surface area (Å²) in [5.74, 6) is -1.79. The third-order valence-corrected chi connectivity index (χ3v) is 5.90. The molecule has 1 aliphatic rings. The fourth-order valence-electron chi connectivity index (χ4n) is 4.24. The Kier molecular flexibility index (Phi) is 5.06. The molecule has 168 valence electrons. The monoisotopic (exact) mass is 450 g/mol. The maximum Gasteiger partial charge on any atom is 0.200 e. The van der Waals surface area contributed by atoms with Crippen molar-refractivity contribution in [2.75, 3.05) is 10.6 Å². The second-order valence-corrected chi connectivity index (χ2v) is 8.41. The highest BCUT2D eigenvalue weighted by molar-refractivity contribution is 6.33. The van der Waals surface area contributed by atoms with Gasteiger partial charge in [0.15, 0.2) is 0 Å². The molecule has 0 heterocycles. The number of aromatic hydroxyl groups is 2. The highest BCUT2D eigenvalue weighted by Gasteiger charge is 2.38. The minimum atomic E-state index is -0.541. The lowest BCUT2D eigenvalue weighted by Gasteiger charge is -2.25. The van der Waals surface area contributed by atoms with Crippen LogP contribution in [0.5, 0.6) is 11.5 Å². The van der Waals surface area contributed by atoms with E-state index in [1.54, 1.807) is 12.1 Å². The zero-order valence-corrected chi connectivity index (χ0v) is 18.6. The van der Waals surface area contributed by atoms with Gasteiger partial charge in [-0.3, -0.25) is 9.59 Å². The first-order chi connectivity index (χ1) is 16.3. The third-order valence-electron chi connectivity index (χ3n) is 5.90. The van der Waals surface area contributed by atoms with Gasteiger partial charge in [0.1, 0.15) is 11.5 Å². The number of rotatable bonds is 4. The Morgan fingerprint density at radius 2 is 1.09 bits per heavy atom. The first kappa shape index (κ1) is 21.3. The molecule has 4 aromatic rings. The van der Waals surface area contributed by atoms with Gasteiger partial charge in [0.05, 0.1) is 33.6 Å². The molecule has 0 spiro atoms. The molecule has 5 rings (SSSR count). The molecule has 0 bridgehead atoms. The summed E-state index contributed by atoms with van der Waals surface area (Å²) in [6.45, 7) is 3.94. The molecule has 4 aromatic carbocycles. The van der Waals surface area contributed by atoms with Gasteiger partial charge in [-0.25, -0.2) is 0 Å². The summed E-state index contributed by atoms with van der Waals surface area (Å²) in [4.78, 5) is 27.3. The first-order valence-corrected chi connectivity index (χ1v) is 10.8. The predicted molar refractivity (Wildman–Crippen MR) is 132 cm³/mol. The molecule has 0 aliphatic heterocycles. The van der Waals surface area contributed by atoms with Crippen LogP contribution in [0.2, 0.25) is 0 Å². The average Bonchev–Trinajstić information content (AvgIpc) is 2.81. The zero-order chi connectivity index (χ0) is 24.0. The maximum absolute atomic E-state index is 13.7. The number of fused-ring (bicyclic) bond motifs is 2. The highest BCUT2D eigenvalue weighted by atomic mass is 16.3. The number of anilines is 4. The molecule has 0 saturated carbocycles. The summed E-state index contributed by atoms with van der Waals surface area (Å²) in [7, 11) is 0. The number of hydrogen-bond donors (Lipinski definition) is 4. The van der Waals surface area contributed by atoms with E-state index in [0.29, 0.717) is 11.4 Å². The van der Waals surface area contributed by atoms with Crippen LogP contribution in [0.3, 0.4) is 0 Å². The Bertz CT molecular complexity index is 1470. The van der Waals surface area contributed by atoms with Crippen molar-refractivity contribution < 1.29 is 19.8 Å². The summed E-state index contributed by atoms with van der Waals surface area (Å²) >= 11 is 0. The fourth-order valence-corrected chi connectivity index (χ4v) is 4.24. The van der Waals surface area contributed by atoms with Crippen molar-refractivity contribution >= 4 is 34.3 Å². The van der Waals surface area contributed by atoms with E-state index in [2.05, 4.69) is 10.6 Å². The van der Waals surface area contributed by atoms with Crippen molar-refractivity contribution in [2.45, 2.75) is 13.8 Å². The van der Waals surface area contributed by atoms with Crippen molar-refractivity contribution in [1.29, 1.82) is 0 Å². The van der Waals surface area contributed by atoms with E-state index in [-0.39, 0.29) is 33.8 Å². The van der Waals surface area contributed by atoms with Gasteiger partial charge in [0.25, 0.3) is 0 Å². The van der Waals surface area contributed by atoms with Gasteiger partial charge in [-0.15, -0.1) is 0 Å². The third kappa shape index (κ3) is 3.55. The molecule has 4 N–H and O–H groups in total. The SMILES string of the molecule is Cc1ccc(Nc2ccc(Nc3cccc(C)c3)c3c2C(=O)c2c(O)ccc(O)c2C3=O)cc1. The summed E-state index contributed by atoms with van der Waals surface area (Å²) in [6, 6.07) is 21.2. The van der Waals surface area contributed by atoms with Crippen molar-refractivity contribution in [2.24, 2.45) is 0 Å². The number of ketones is 2. The van der Waals surface area contributed by atoms with Gasteiger partial charge in [-0.05, 0) is 67.9 Å². The van der Waals surface area contributed by atoms with Crippen molar-refractivity contribution in [3.63, 3.8) is 0 Å². The predicted octanol–water partition coefficient (Wildman–Crippen LogP) is 5.98. The van der Waals surface area contributed by atoms with E-state index in [1.807, 2.05) is 62.4 Å². The lowest BCUT2D eigenvalue weighted by atomic mass is 9.81. The Hall–Kier alpha value is -4.58. The van der Waals surface area contributed by atoms with Crippen molar-refractivity contribution in [1.82, 2.24) is 0 Å². The minimum absolute atomic E-state index is 0.136. The second-order valence-electron chi connectivity index (χ2n) is 8.41. The average molecular weight is 450 g/mol. The number of phenolic OH excluding ortho intramolecular Hbond substituents is 2. The number of phenols is 2. The topological polar surface area (TPSA) is 98.7 Å². The molecule has 0 saturated heterocycles. The molecular formula is C28H22N2O4. The van der Waals surface area contributed by atoms with Crippen LogP contribution in [-0.4, -0.2) is 21.8 Å². The van der Waals surface area contributed by atoms with Gasteiger partial charge in [-0.1, -0.05) is 29.8 Å². The molecule has 6 heteroatoms. The Balaban J connectivity index is 1.71.